The highest BCUT2D eigenvalue weighted by Gasteiger charge is 2.31. The zero-order valence-electron chi connectivity index (χ0n) is 71.2. The van der Waals surface area contributed by atoms with E-state index in [2.05, 4.69) is 41.5 Å². The van der Waals surface area contributed by atoms with Gasteiger partial charge < -0.3 is 33.8 Å². The molecule has 0 saturated heterocycles. The van der Waals surface area contributed by atoms with Crippen LogP contribution in [0.15, 0.2) is 0 Å². The number of carbonyl (C=O) groups is 4. The summed E-state index contributed by atoms with van der Waals surface area (Å²) in [5.41, 5.74) is 0. The minimum Gasteiger partial charge on any atom is -0.462 e. The number of hydrogen-bond acceptors (Lipinski definition) is 15. The average Bonchev–Trinajstić information content (AvgIpc) is 0.896. The number of aliphatic hydroxyl groups excluding tert-OH is 1. The van der Waals surface area contributed by atoms with Gasteiger partial charge in [0.15, 0.2) is 12.2 Å². The molecule has 0 aliphatic heterocycles. The number of esters is 4. The zero-order valence-corrected chi connectivity index (χ0v) is 73.0. The van der Waals surface area contributed by atoms with E-state index in [1.54, 1.807) is 0 Å². The first-order valence-corrected chi connectivity index (χ1v) is 49.0. The Bertz CT molecular complexity index is 2060. The van der Waals surface area contributed by atoms with Crippen LogP contribution < -0.4 is 0 Å². The molecule has 0 aromatic heterocycles. The second-order valence-electron chi connectivity index (χ2n) is 32.9. The predicted molar refractivity (Wildman–Crippen MR) is 446 cm³/mol. The van der Waals surface area contributed by atoms with Crippen LogP contribution in [0, 0.1) is 11.8 Å². The number of phosphoric ester groups is 2. The number of hydrogen-bond donors (Lipinski definition) is 3. The Morgan fingerprint density at radius 2 is 0.426 bits per heavy atom. The molecule has 0 rings (SSSR count). The fourth-order valence-corrected chi connectivity index (χ4v) is 15.5. The van der Waals surface area contributed by atoms with E-state index in [1.165, 1.54) is 295 Å². The van der Waals surface area contributed by atoms with Crippen molar-refractivity contribution in [1.82, 2.24) is 0 Å². The van der Waals surface area contributed by atoms with Crippen molar-refractivity contribution in [3.05, 3.63) is 0 Å². The quantitative estimate of drug-likeness (QED) is 0.0222. The van der Waals surface area contributed by atoms with E-state index >= 15 is 0 Å². The number of unbranched alkanes of at least 4 members (excludes halogenated alkanes) is 58. The molecule has 3 N–H and O–H groups in total. The van der Waals surface area contributed by atoms with E-state index in [4.69, 9.17) is 37.0 Å². The van der Waals surface area contributed by atoms with Crippen LogP contribution in [0.2, 0.25) is 0 Å². The molecule has 0 fully saturated rings. The van der Waals surface area contributed by atoms with Crippen LogP contribution in [-0.4, -0.2) is 96.7 Å². The first-order valence-electron chi connectivity index (χ1n) is 46.0. The summed E-state index contributed by atoms with van der Waals surface area (Å²) in [5, 5.41) is 10.7. The standard InChI is InChI=1S/C89H174O17P2/c1-7-9-11-13-15-17-19-21-23-25-26-27-28-30-34-39-43-49-56-62-68-74-88(93)105-84(77-99-86(91)71-65-59-53-47-41-37-35-31-32-36-40-45-51-57-63-69-81(3)4)79-103-107(95,96)101-75-83(90)76-102-108(97,98)104-80-85(78-100-87(92)72-66-60-54-50-44-46-52-58-64-70-82(5)6)106-89(94)73-67-61-55-48-42-38-33-29-24-22-20-18-16-14-12-10-8-2/h81-85,90H,7-80H2,1-6H3,(H,95,96)(H,97,98)/t83-,84-,85-/m1/s1. The lowest BCUT2D eigenvalue weighted by atomic mass is 10.0. The summed E-state index contributed by atoms with van der Waals surface area (Å²) in [7, 11) is -9.93. The topological polar surface area (TPSA) is 237 Å². The van der Waals surface area contributed by atoms with Gasteiger partial charge in [-0.3, -0.25) is 37.3 Å². The Balaban J connectivity index is 5.25. The van der Waals surface area contributed by atoms with Crippen LogP contribution in [0.1, 0.15) is 478 Å². The Hall–Kier alpha value is -1.94. The molecule has 0 spiro atoms. The molecule has 0 amide bonds. The van der Waals surface area contributed by atoms with E-state index in [0.717, 1.165) is 102 Å². The van der Waals surface area contributed by atoms with E-state index in [0.29, 0.717) is 25.7 Å². The van der Waals surface area contributed by atoms with Gasteiger partial charge in [0.05, 0.1) is 26.4 Å². The number of aliphatic hydroxyl groups is 1. The predicted octanol–water partition coefficient (Wildman–Crippen LogP) is 27.4. The minimum atomic E-state index is -4.97. The molecular weight excluding hydrogens is 1400 g/mol. The van der Waals surface area contributed by atoms with Crippen molar-refractivity contribution in [2.24, 2.45) is 11.8 Å². The highest BCUT2D eigenvalue weighted by atomic mass is 31.2. The lowest BCUT2D eigenvalue weighted by molar-refractivity contribution is -0.161. The van der Waals surface area contributed by atoms with Crippen LogP contribution >= 0.6 is 15.6 Å². The zero-order chi connectivity index (χ0) is 79.2. The highest BCUT2D eigenvalue weighted by Crippen LogP contribution is 2.45. The first-order chi connectivity index (χ1) is 52.4. The van der Waals surface area contributed by atoms with Crippen molar-refractivity contribution in [2.75, 3.05) is 39.6 Å². The Morgan fingerprint density at radius 3 is 0.630 bits per heavy atom. The van der Waals surface area contributed by atoms with E-state index < -0.39 is 97.5 Å². The second-order valence-corrected chi connectivity index (χ2v) is 35.8. The summed E-state index contributed by atoms with van der Waals surface area (Å²) < 4.78 is 69.0. The lowest BCUT2D eigenvalue weighted by Crippen LogP contribution is -2.30. The van der Waals surface area contributed by atoms with Gasteiger partial charge in [0, 0.05) is 25.7 Å². The summed E-state index contributed by atoms with van der Waals surface area (Å²) in [6.07, 6.45) is 73.6. The normalized spacial score (nSPS) is 13.8. The van der Waals surface area contributed by atoms with Gasteiger partial charge in [-0.05, 0) is 37.5 Å². The van der Waals surface area contributed by atoms with Crippen LogP contribution in [0.5, 0.6) is 0 Å². The maximum Gasteiger partial charge on any atom is 0.472 e. The molecule has 5 atom stereocenters. The van der Waals surface area contributed by atoms with Gasteiger partial charge in [0.1, 0.15) is 19.3 Å². The Kier molecular flexibility index (Phi) is 78.8. The molecule has 0 radical (unpaired) electrons. The smallest absolute Gasteiger partial charge is 0.462 e. The second kappa shape index (κ2) is 80.3. The van der Waals surface area contributed by atoms with Crippen molar-refractivity contribution < 1.29 is 80.2 Å². The van der Waals surface area contributed by atoms with Gasteiger partial charge in [0.25, 0.3) is 0 Å². The summed E-state index contributed by atoms with van der Waals surface area (Å²) in [6.45, 7) is 9.70. The molecule has 0 aromatic carbocycles. The summed E-state index contributed by atoms with van der Waals surface area (Å²) in [6, 6.07) is 0. The van der Waals surface area contributed by atoms with E-state index in [9.17, 15) is 43.2 Å². The molecule has 17 nitrogen and oxygen atoms in total. The van der Waals surface area contributed by atoms with Crippen molar-refractivity contribution in [3.8, 4) is 0 Å². The highest BCUT2D eigenvalue weighted by molar-refractivity contribution is 7.47. The number of phosphoric acid groups is 2. The Labute approximate surface area is 664 Å². The van der Waals surface area contributed by atoms with E-state index in [1.807, 2.05) is 0 Å². The van der Waals surface area contributed by atoms with Gasteiger partial charge in [-0.2, -0.15) is 0 Å². The Morgan fingerprint density at radius 1 is 0.250 bits per heavy atom. The molecule has 0 heterocycles. The van der Waals surface area contributed by atoms with Crippen molar-refractivity contribution >= 4 is 39.5 Å². The SMILES string of the molecule is CCCCCCCCCCCCCCCCCCCCCCCC(=O)O[C@H](COC(=O)CCCCCCCCCCCCCCCCCC(C)C)COP(=O)(O)OC[C@@H](O)COP(=O)(O)OC[C@@H](COC(=O)CCCCCCCCCCCC(C)C)OC(=O)CCCCCCCCCCCCCCCCCCC. The minimum absolute atomic E-state index is 0.108. The van der Waals surface area contributed by atoms with Crippen LogP contribution in [0.4, 0.5) is 0 Å². The molecule has 642 valence electrons. The van der Waals surface area contributed by atoms with Crippen LogP contribution in [0.25, 0.3) is 0 Å². The van der Waals surface area contributed by atoms with Crippen molar-refractivity contribution in [1.29, 1.82) is 0 Å². The largest absolute Gasteiger partial charge is 0.472 e. The van der Waals surface area contributed by atoms with Gasteiger partial charge in [0.2, 0.25) is 0 Å². The average molecular weight is 1580 g/mol. The lowest BCUT2D eigenvalue weighted by Gasteiger charge is -2.21. The number of rotatable bonds is 88. The molecule has 0 aromatic rings. The molecular formula is C89H174O17P2. The molecule has 0 bridgehead atoms. The third-order valence-corrected chi connectivity index (χ3v) is 22.9. The molecule has 19 heteroatoms. The fourth-order valence-electron chi connectivity index (χ4n) is 14.0. The summed E-state index contributed by atoms with van der Waals surface area (Å²) in [4.78, 5) is 73.4. The van der Waals surface area contributed by atoms with Crippen molar-refractivity contribution in [3.63, 3.8) is 0 Å². The first kappa shape index (κ1) is 106. The van der Waals surface area contributed by atoms with Gasteiger partial charge in [-0.15, -0.1) is 0 Å². The molecule has 108 heavy (non-hydrogen) atoms. The fraction of sp³-hybridized carbons (Fsp3) is 0.955. The number of ether oxygens (including phenoxy) is 4. The summed E-state index contributed by atoms with van der Waals surface area (Å²) >= 11 is 0. The van der Waals surface area contributed by atoms with Crippen molar-refractivity contribution in [2.45, 2.75) is 496 Å². The summed E-state index contributed by atoms with van der Waals surface area (Å²) in [5.74, 6) is -0.548. The van der Waals surface area contributed by atoms with Crippen LogP contribution in [0.3, 0.4) is 0 Å². The van der Waals surface area contributed by atoms with Gasteiger partial charge in [-0.1, -0.05) is 427 Å². The molecule has 0 aliphatic rings. The third kappa shape index (κ3) is 82.1. The molecule has 0 aliphatic carbocycles. The molecule has 2 unspecified atom stereocenters. The monoisotopic (exact) mass is 1580 g/mol. The third-order valence-electron chi connectivity index (χ3n) is 21.0. The molecule has 0 saturated carbocycles. The maximum atomic E-state index is 13.2. The van der Waals surface area contributed by atoms with Crippen LogP contribution in [-0.2, 0) is 65.4 Å². The van der Waals surface area contributed by atoms with E-state index in [-0.39, 0.29) is 25.7 Å². The maximum absolute atomic E-state index is 13.2. The van der Waals surface area contributed by atoms with Gasteiger partial charge >= 0.3 is 39.5 Å². The van der Waals surface area contributed by atoms with Gasteiger partial charge in [-0.25, -0.2) is 9.13 Å². The number of carbonyl (C=O) groups excluding carboxylic acids is 4.